The van der Waals surface area contributed by atoms with Gasteiger partial charge in [-0.15, -0.1) is 0 Å². The lowest BCUT2D eigenvalue weighted by molar-refractivity contribution is -0.133. The molecule has 1 aliphatic rings. The topological polar surface area (TPSA) is 38.1 Å². The van der Waals surface area contributed by atoms with E-state index in [1.807, 2.05) is 65.0 Å². The third-order valence-corrected chi connectivity index (χ3v) is 5.09. The second-order valence-electron chi connectivity index (χ2n) is 6.53. The molecule has 2 aromatic carbocycles. The highest BCUT2D eigenvalue weighted by Gasteiger charge is 2.27. The third kappa shape index (κ3) is 2.91. The first-order valence-corrected chi connectivity index (χ1v) is 9.05. The van der Waals surface area contributed by atoms with E-state index >= 15 is 0 Å². The molecule has 25 heavy (non-hydrogen) atoms. The van der Waals surface area contributed by atoms with Crippen molar-refractivity contribution in [3.63, 3.8) is 0 Å². The van der Waals surface area contributed by atoms with Gasteiger partial charge in [0, 0.05) is 29.1 Å². The molecule has 1 unspecified atom stereocenters. The monoisotopic (exact) mass is 353 g/mol. The van der Waals surface area contributed by atoms with E-state index in [9.17, 15) is 4.79 Å². The number of nitrogens with zero attached hydrogens (tertiary/aromatic N) is 3. The molecule has 1 aliphatic heterocycles. The molecule has 4 rings (SSSR count). The molecule has 128 valence electrons. The zero-order valence-corrected chi connectivity index (χ0v) is 14.9. The first-order chi connectivity index (χ1) is 12.1. The van der Waals surface area contributed by atoms with Crippen LogP contribution in [0.3, 0.4) is 0 Å². The Morgan fingerprint density at radius 2 is 1.84 bits per heavy atom. The van der Waals surface area contributed by atoms with E-state index in [4.69, 9.17) is 16.7 Å². The number of benzene rings is 2. The van der Waals surface area contributed by atoms with Gasteiger partial charge in [0.1, 0.15) is 11.7 Å². The number of aromatic nitrogens is 2. The van der Waals surface area contributed by atoms with E-state index in [0.29, 0.717) is 5.02 Å². The molecule has 0 N–H and O–H groups in total. The number of rotatable bonds is 3. The van der Waals surface area contributed by atoms with E-state index in [1.54, 1.807) is 0 Å². The lowest BCUT2D eigenvalue weighted by atomic mass is 10.1. The summed E-state index contributed by atoms with van der Waals surface area (Å²) in [5.74, 6) is 0.136. The number of carbonyl (C=O) groups is 1. The zero-order valence-electron chi connectivity index (χ0n) is 14.2. The summed E-state index contributed by atoms with van der Waals surface area (Å²) in [7, 11) is 0. The first kappa shape index (κ1) is 16.2. The van der Waals surface area contributed by atoms with Crippen LogP contribution in [0, 0.1) is 0 Å². The van der Waals surface area contributed by atoms with Gasteiger partial charge in [-0.3, -0.25) is 9.48 Å². The smallest absolute Gasteiger partial charge is 0.247 e. The van der Waals surface area contributed by atoms with Gasteiger partial charge in [-0.1, -0.05) is 41.9 Å². The average Bonchev–Trinajstić information content (AvgIpc) is 3.29. The summed E-state index contributed by atoms with van der Waals surface area (Å²) >= 11 is 6.22. The highest BCUT2D eigenvalue weighted by molar-refractivity contribution is 6.31. The van der Waals surface area contributed by atoms with Gasteiger partial charge in [-0.25, -0.2) is 0 Å². The number of hydrogen-bond donors (Lipinski definition) is 0. The largest absolute Gasteiger partial charge is 0.341 e. The van der Waals surface area contributed by atoms with Crippen LogP contribution in [0.15, 0.2) is 48.5 Å². The van der Waals surface area contributed by atoms with Crippen molar-refractivity contribution in [2.45, 2.75) is 25.8 Å². The van der Waals surface area contributed by atoms with Crippen molar-refractivity contribution in [3.05, 3.63) is 53.6 Å². The molecule has 3 aromatic rings. The third-order valence-electron chi connectivity index (χ3n) is 4.86. The van der Waals surface area contributed by atoms with Gasteiger partial charge in [-0.2, -0.15) is 5.10 Å². The van der Waals surface area contributed by atoms with Crippen LogP contribution in [0.4, 0.5) is 0 Å². The molecule has 5 heteroatoms. The molecule has 1 atom stereocenters. The molecule has 0 bridgehead atoms. The number of carbonyl (C=O) groups excluding carboxylic acids is 1. The maximum Gasteiger partial charge on any atom is 0.247 e. The van der Waals surface area contributed by atoms with E-state index in [0.717, 1.165) is 48.1 Å². The number of halogens is 1. The summed E-state index contributed by atoms with van der Waals surface area (Å²) < 4.78 is 1.84. The number of amides is 1. The fraction of sp³-hybridized carbons (Fsp3) is 0.300. The highest BCUT2D eigenvalue weighted by Crippen LogP contribution is 2.32. The maximum absolute atomic E-state index is 12.8. The van der Waals surface area contributed by atoms with Crippen molar-refractivity contribution >= 4 is 28.4 Å². The van der Waals surface area contributed by atoms with E-state index in [1.165, 1.54) is 0 Å². The minimum absolute atomic E-state index is 0.136. The Labute approximate surface area is 152 Å². The van der Waals surface area contributed by atoms with Crippen LogP contribution in [0.25, 0.3) is 22.2 Å². The Morgan fingerprint density at radius 1 is 1.12 bits per heavy atom. The summed E-state index contributed by atoms with van der Waals surface area (Å²) in [4.78, 5) is 14.8. The number of fused-ring (bicyclic) bond motifs is 1. The minimum Gasteiger partial charge on any atom is -0.341 e. The van der Waals surface area contributed by atoms with Gasteiger partial charge < -0.3 is 4.90 Å². The molecule has 0 aliphatic carbocycles. The van der Waals surface area contributed by atoms with Gasteiger partial charge in [0.05, 0.1) is 5.52 Å². The average molecular weight is 354 g/mol. The van der Waals surface area contributed by atoms with Crippen molar-refractivity contribution in [1.82, 2.24) is 14.7 Å². The van der Waals surface area contributed by atoms with Crippen LogP contribution in [-0.4, -0.2) is 33.7 Å². The second-order valence-corrected chi connectivity index (χ2v) is 6.97. The summed E-state index contributed by atoms with van der Waals surface area (Å²) in [6, 6.07) is 15.4. The molecule has 0 saturated carbocycles. The zero-order chi connectivity index (χ0) is 17.4. The molecule has 0 spiro atoms. The Bertz CT molecular complexity index is 913. The minimum atomic E-state index is -0.334. The van der Waals surface area contributed by atoms with Gasteiger partial charge in [0.2, 0.25) is 5.91 Å². The Hall–Kier alpha value is -2.33. The van der Waals surface area contributed by atoms with Crippen LogP contribution < -0.4 is 0 Å². The summed E-state index contributed by atoms with van der Waals surface area (Å²) in [5.41, 5.74) is 2.82. The van der Waals surface area contributed by atoms with E-state index in [-0.39, 0.29) is 11.9 Å². The highest BCUT2D eigenvalue weighted by atomic mass is 35.5. The molecular formula is C20H20ClN3O. The molecule has 1 amide bonds. The Balaban J connectivity index is 1.83. The Kier molecular flexibility index (Phi) is 4.22. The Morgan fingerprint density at radius 3 is 2.56 bits per heavy atom. The summed E-state index contributed by atoms with van der Waals surface area (Å²) in [6.07, 6.45) is 2.17. The molecular weight excluding hydrogens is 334 g/mol. The van der Waals surface area contributed by atoms with Crippen molar-refractivity contribution in [2.24, 2.45) is 0 Å². The fourth-order valence-corrected chi connectivity index (χ4v) is 3.70. The predicted molar refractivity (Wildman–Crippen MR) is 101 cm³/mol. The van der Waals surface area contributed by atoms with E-state index in [2.05, 4.69) is 0 Å². The molecule has 1 fully saturated rings. The van der Waals surface area contributed by atoms with Crippen LogP contribution in [0.2, 0.25) is 5.02 Å². The lowest BCUT2D eigenvalue weighted by Crippen LogP contribution is -2.34. The van der Waals surface area contributed by atoms with Crippen LogP contribution in [0.5, 0.6) is 0 Å². The molecule has 1 aromatic heterocycles. The van der Waals surface area contributed by atoms with Crippen molar-refractivity contribution < 1.29 is 4.79 Å². The maximum atomic E-state index is 12.8. The molecule has 2 heterocycles. The molecule has 0 radical (unpaired) electrons. The first-order valence-electron chi connectivity index (χ1n) is 8.67. The quantitative estimate of drug-likeness (QED) is 0.693. The number of hydrogen-bond acceptors (Lipinski definition) is 2. The van der Waals surface area contributed by atoms with Gasteiger partial charge in [-0.05, 0) is 38.0 Å². The predicted octanol–water partition coefficient (Wildman–Crippen LogP) is 4.54. The van der Waals surface area contributed by atoms with Gasteiger partial charge >= 0.3 is 0 Å². The lowest BCUT2D eigenvalue weighted by Gasteiger charge is -2.21. The molecule has 1 saturated heterocycles. The summed E-state index contributed by atoms with van der Waals surface area (Å²) in [5, 5.41) is 6.44. The van der Waals surface area contributed by atoms with E-state index < -0.39 is 0 Å². The van der Waals surface area contributed by atoms with Crippen molar-refractivity contribution in [1.29, 1.82) is 0 Å². The van der Waals surface area contributed by atoms with Crippen molar-refractivity contribution in [3.8, 4) is 11.3 Å². The van der Waals surface area contributed by atoms with Gasteiger partial charge in [0.25, 0.3) is 0 Å². The van der Waals surface area contributed by atoms with Crippen LogP contribution in [0.1, 0.15) is 25.8 Å². The second kappa shape index (κ2) is 6.52. The summed E-state index contributed by atoms with van der Waals surface area (Å²) in [6.45, 7) is 3.62. The van der Waals surface area contributed by atoms with Gasteiger partial charge in [0.15, 0.2) is 0 Å². The molecule has 4 nitrogen and oxygen atoms in total. The van der Waals surface area contributed by atoms with Crippen molar-refractivity contribution in [2.75, 3.05) is 13.1 Å². The number of likely N-dealkylation sites (tertiary alicyclic amines) is 1. The van der Waals surface area contributed by atoms with Crippen LogP contribution >= 0.6 is 11.6 Å². The fourth-order valence-electron chi connectivity index (χ4n) is 3.52. The SMILES string of the molecule is CC(C(=O)N1CCCC1)n1nc(-c2ccccc2)c2cc(Cl)ccc21. The van der Waals surface area contributed by atoms with Crippen LogP contribution in [-0.2, 0) is 4.79 Å². The normalized spacial score (nSPS) is 15.7. The standard InChI is InChI=1S/C20H20ClN3O/c1-14(20(25)23-11-5-6-12-23)24-18-10-9-16(21)13-17(18)19(22-24)15-7-3-2-4-8-15/h2-4,7-10,13-14H,5-6,11-12H2,1H3.